The second kappa shape index (κ2) is 6.18. The number of rotatable bonds is 3. The van der Waals surface area contributed by atoms with Gasteiger partial charge in [0, 0.05) is 24.7 Å². The van der Waals surface area contributed by atoms with E-state index in [9.17, 15) is 9.59 Å². The molecule has 1 atom stereocenters. The van der Waals surface area contributed by atoms with Gasteiger partial charge in [0.15, 0.2) is 4.96 Å². The Morgan fingerprint density at radius 1 is 1.46 bits per heavy atom. The number of esters is 1. The maximum Gasteiger partial charge on any atom is 0.310 e. The van der Waals surface area contributed by atoms with Crippen molar-refractivity contribution >= 4 is 49.9 Å². The first-order valence-corrected chi connectivity index (χ1v) is 9.68. The molecule has 0 saturated carbocycles. The van der Waals surface area contributed by atoms with Crippen LogP contribution in [0.4, 0.5) is 0 Å². The topological polar surface area (TPSA) is 63.9 Å². The number of carbonyl (C=O) groups excluding carboxylic acids is 2. The summed E-state index contributed by atoms with van der Waals surface area (Å²) < 4.78 is 7.11. The Hall–Kier alpha value is -1.93. The first kappa shape index (κ1) is 15.6. The average Bonchev–Trinajstić information content (AvgIpc) is 3.26. The van der Waals surface area contributed by atoms with E-state index in [2.05, 4.69) is 4.98 Å². The van der Waals surface area contributed by atoms with Crippen LogP contribution in [0, 0.1) is 5.92 Å². The molecule has 0 N–H and O–H groups in total. The number of nitrogens with zero attached hydrogens (tertiary/aromatic N) is 3. The zero-order valence-corrected chi connectivity index (χ0v) is 14.9. The number of amides is 1. The molecule has 4 rings (SSSR count). The highest BCUT2D eigenvalue weighted by Gasteiger charge is 2.30. The molecule has 1 aliphatic rings. The number of imidazole rings is 1. The highest BCUT2D eigenvalue weighted by Crippen LogP contribution is 2.30. The van der Waals surface area contributed by atoms with Crippen molar-refractivity contribution in [3.63, 3.8) is 0 Å². The van der Waals surface area contributed by atoms with Crippen LogP contribution in [0.2, 0.25) is 0 Å². The van der Waals surface area contributed by atoms with Gasteiger partial charge in [-0.2, -0.15) is 0 Å². The van der Waals surface area contributed by atoms with Crippen LogP contribution in [0.3, 0.4) is 0 Å². The minimum atomic E-state index is -0.211. The SMILES string of the molecule is CCOC(=O)C1CCCN(C(=O)c2cc3c(nc4sccn43)s2)C1. The molecule has 6 nitrogen and oxygen atoms in total. The Labute approximate surface area is 146 Å². The maximum atomic E-state index is 12.8. The molecule has 24 heavy (non-hydrogen) atoms. The molecular formula is C16H17N3O3S2. The lowest BCUT2D eigenvalue weighted by molar-refractivity contribution is -0.149. The smallest absolute Gasteiger partial charge is 0.310 e. The molecule has 0 bridgehead atoms. The fraction of sp³-hybridized carbons (Fsp3) is 0.438. The molecule has 0 aliphatic carbocycles. The van der Waals surface area contributed by atoms with Crippen molar-refractivity contribution in [3.8, 4) is 0 Å². The van der Waals surface area contributed by atoms with Gasteiger partial charge in [-0.25, -0.2) is 4.98 Å². The van der Waals surface area contributed by atoms with Crippen molar-refractivity contribution in [1.29, 1.82) is 0 Å². The van der Waals surface area contributed by atoms with Gasteiger partial charge in [0.2, 0.25) is 0 Å². The highest BCUT2D eigenvalue weighted by molar-refractivity contribution is 7.21. The number of likely N-dealkylation sites (tertiary alicyclic amines) is 1. The molecule has 0 aromatic carbocycles. The third-order valence-electron chi connectivity index (χ3n) is 4.28. The average molecular weight is 363 g/mol. The minimum Gasteiger partial charge on any atom is -0.466 e. The van der Waals surface area contributed by atoms with E-state index in [0.29, 0.717) is 24.6 Å². The van der Waals surface area contributed by atoms with E-state index in [1.54, 1.807) is 23.2 Å². The van der Waals surface area contributed by atoms with Crippen LogP contribution in [0.25, 0.3) is 15.3 Å². The molecule has 1 unspecified atom stereocenters. The Bertz CT molecular complexity index is 910. The largest absolute Gasteiger partial charge is 0.466 e. The van der Waals surface area contributed by atoms with Gasteiger partial charge in [0.25, 0.3) is 5.91 Å². The second-order valence-corrected chi connectivity index (χ2v) is 7.71. The summed E-state index contributed by atoms with van der Waals surface area (Å²) in [6.07, 6.45) is 3.58. The van der Waals surface area contributed by atoms with Crippen LogP contribution < -0.4 is 0 Å². The van der Waals surface area contributed by atoms with Gasteiger partial charge in [-0.15, -0.1) is 22.7 Å². The maximum absolute atomic E-state index is 12.8. The van der Waals surface area contributed by atoms with Crippen molar-refractivity contribution in [3.05, 3.63) is 22.5 Å². The minimum absolute atomic E-state index is 0.0176. The number of fused-ring (bicyclic) bond motifs is 3. The van der Waals surface area contributed by atoms with Crippen LogP contribution in [0.15, 0.2) is 17.6 Å². The summed E-state index contributed by atoms with van der Waals surface area (Å²) in [6.45, 7) is 3.30. The summed E-state index contributed by atoms with van der Waals surface area (Å²) in [6, 6.07) is 1.91. The van der Waals surface area contributed by atoms with Gasteiger partial charge in [0.1, 0.15) is 4.83 Å². The van der Waals surface area contributed by atoms with E-state index in [1.807, 2.05) is 22.0 Å². The van der Waals surface area contributed by atoms with Crippen molar-refractivity contribution in [2.45, 2.75) is 19.8 Å². The molecule has 1 saturated heterocycles. The molecule has 8 heteroatoms. The lowest BCUT2D eigenvalue weighted by Crippen LogP contribution is -2.42. The lowest BCUT2D eigenvalue weighted by Gasteiger charge is -2.31. The molecule has 1 aliphatic heterocycles. The van der Waals surface area contributed by atoms with E-state index in [0.717, 1.165) is 28.1 Å². The highest BCUT2D eigenvalue weighted by atomic mass is 32.1. The molecule has 126 valence electrons. The van der Waals surface area contributed by atoms with Crippen LogP contribution in [0.5, 0.6) is 0 Å². The van der Waals surface area contributed by atoms with Gasteiger partial charge in [-0.05, 0) is 25.8 Å². The lowest BCUT2D eigenvalue weighted by atomic mass is 9.98. The molecule has 4 heterocycles. The van der Waals surface area contributed by atoms with E-state index < -0.39 is 0 Å². The van der Waals surface area contributed by atoms with Gasteiger partial charge in [-0.3, -0.25) is 14.0 Å². The van der Waals surface area contributed by atoms with Gasteiger partial charge >= 0.3 is 5.97 Å². The van der Waals surface area contributed by atoms with Crippen LogP contribution in [-0.2, 0) is 9.53 Å². The molecule has 1 amide bonds. The predicted octanol–water partition coefficient (Wildman–Crippen LogP) is 3.03. The molecule has 1 fully saturated rings. The Balaban J connectivity index is 1.56. The zero-order chi connectivity index (χ0) is 16.7. The summed E-state index contributed by atoms with van der Waals surface area (Å²) >= 11 is 3.00. The van der Waals surface area contributed by atoms with Gasteiger partial charge in [0.05, 0.1) is 22.9 Å². The summed E-state index contributed by atoms with van der Waals surface area (Å²) in [5.74, 6) is -0.426. The Kier molecular flexibility index (Phi) is 4.01. The van der Waals surface area contributed by atoms with Crippen LogP contribution in [-0.4, -0.2) is 45.9 Å². The van der Waals surface area contributed by atoms with Crippen molar-refractivity contribution in [1.82, 2.24) is 14.3 Å². The number of carbonyl (C=O) groups is 2. The van der Waals surface area contributed by atoms with E-state index >= 15 is 0 Å². The van der Waals surface area contributed by atoms with Gasteiger partial charge in [-0.1, -0.05) is 0 Å². The third kappa shape index (κ3) is 2.59. The molecular weight excluding hydrogens is 346 g/mol. The summed E-state index contributed by atoms with van der Waals surface area (Å²) in [4.78, 5) is 33.6. The Morgan fingerprint density at radius 2 is 2.33 bits per heavy atom. The number of piperidine rings is 1. The normalized spacial score (nSPS) is 18.4. The monoisotopic (exact) mass is 363 g/mol. The van der Waals surface area contributed by atoms with E-state index in [-0.39, 0.29) is 17.8 Å². The first-order chi connectivity index (χ1) is 11.7. The Morgan fingerprint density at radius 3 is 3.17 bits per heavy atom. The fourth-order valence-electron chi connectivity index (χ4n) is 3.12. The fourth-order valence-corrected chi connectivity index (χ4v) is 4.89. The van der Waals surface area contributed by atoms with Gasteiger partial charge < -0.3 is 9.64 Å². The molecule has 0 radical (unpaired) electrons. The first-order valence-electron chi connectivity index (χ1n) is 7.98. The standard InChI is InChI=1S/C16H17N3O3S2/c1-2-22-15(21)10-4-3-5-18(9-10)14(20)12-8-11-13(24-12)17-16-19(11)6-7-23-16/h6-8,10H,2-5,9H2,1H3. The zero-order valence-electron chi connectivity index (χ0n) is 13.2. The van der Waals surface area contributed by atoms with Crippen molar-refractivity contribution < 1.29 is 14.3 Å². The molecule has 3 aromatic rings. The summed E-state index contributed by atoms with van der Waals surface area (Å²) in [7, 11) is 0. The summed E-state index contributed by atoms with van der Waals surface area (Å²) in [5.41, 5.74) is 0.971. The molecule has 3 aromatic heterocycles. The summed E-state index contributed by atoms with van der Waals surface area (Å²) in [5, 5.41) is 1.98. The predicted molar refractivity (Wildman–Crippen MR) is 93.7 cm³/mol. The van der Waals surface area contributed by atoms with Crippen molar-refractivity contribution in [2.75, 3.05) is 19.7 Å². The number of hydrogen-bond donors (Lipinski definition) is 0. The quantitative estimate of drug-likeness (QED) is 0.671. The number of ether oxygens (including phenoxy) is 1. The number of thiophene rings is 1. The van der Waals surface area contributed by atoms with Crippen LogP contribution in [0.1, 0.15) is 29.4 Å². The van der Waals surface area contributed by atoms with Crippen LogP contribution >= 0.6 is 22.7 Å². The second-order valence-electron chi connectivity index (χ2n) is 5.81. The number of hydrogen-bond acceptors (Lipinski definition) is 6. The van der Waals surface area contributed by atoms with Crippen molar-refractivity contribution in [2.24, 2.45) is 5.92 Å². The number of aromatic nitrogens is 2. The van der Waals surface area contributed by atoms with E-state index in [1.165, 1.54) is 11.3 Å². The third-order valence-corrected chi connectivity index (χ3v) is 6.04. The number of thiazole rings is 1. The molecule has 0 spiro atoms. The van der Waals surface area contributed by atoms with E-state index in [4.69, 9.17) is 4.74 Å².